The van der Waals surface area contributed by atoms with Crippen molar-refractivity contribution >= 4 is 22.4 Å². The van der Waals surface area contributed by atoms with Gasteiger partial charge in [-0.25, -0.2) is 9.67 Å². The first-order chi connectivity index (χ1) is 16.2. The van der Waals surface area contributed by atoms with Crippen molar-refractivity contribution in [2.45, 2.75) is 32.4 Å². The van der Waals surface area contributed by atoms with Crippen molar-refractivity contribution in [3.63, 3.8) is 0 Å². The van der Waals surface area contributed by atoms with Gasteiger partial charge in [0, 0.05) is 56.5 Å². The van der Waals surface area contributed by atoms with Gasteiger partial charge in [0.25, 0.3) is 0 Å². The van der Waals surface area contributed by atoms with Crippen molar-refractivity contribution in [2.75, 3.05) is 38.5 Å². The molecular formula is C26H31N7. The number of anilines is 2. The van der Waals surface area contributed by atoms with Crippen LogP contribution in [0.25, 0.3) is 16.6 Å². The molecule has 5 heterocycles. The second kappa shape index (κ2) is 8.65. The summed E-state index contributed by atoms with van der Waals surface area (Å²) in [5.74, 6) is 0.905. The number of fused-ring (bicyclic) bond motifs is 3. The van der Waals surface area contributed by atoms with Crippen LogP contribution >= 0.6 is 0 Å². The van der Waals surface area contributed by atoms with Crippen molar-refractivity contribution in [1.82, 2.24) is 29.1 Å². The number of likely N-dealkylation sites (N-methyl/N-ethyl adjacent to an activating group) is 1. The molecule has 4 aromatic rings. The molecule has 1 fully saturated rings. The first kappa shape index (κ1) is 20.4. The highest BCUT2D eigenvalue weighted by atomic mass is 15.3. The normalized spacial score (nSPS) is 17.4. The quantitative estimate of drug-likeness (QED) is 0.506. The molecule has 0 amide bonds. The number of nitrogens with zero attached hydrogens (tertiary/aromatic N) is 6. The Labute approximate surface area is 194 Å². The zero-order chi connectivity index (χ0) is 22.2. The minimum Gasteiger partial charge on any atom is -0.342 e. The zero-order valence-electron chi connectivity index (χ0n) is 19.2. The Morgan fingerprint density at radius 3 is 2.67 bits per heavy atom. The minimum absolute atomic E-state index is 0.905. The maximum absolute atomic E-state index is 4.66. The fourth-order valence-electron chi connectivity index (χ4n) is 5.08. The van der Waals surface area contributed by atoms with Crippen molar-refractivity contribution < 1.29 is 0 Å². The van der Waals surface area contributed by atoms with Gasteiger partial charge >= 0.3 is 0 Å². The molecule has 0 atom stereocenters. The largest absolute Gasteiger partial charge is 0.342 e. The molecule has 0 radical (unpaired) electrons. The Morgan fingerprint density at radius 2 is 1.82 bits per heavy atom. The number of benzene rings is 1. The molecule has 6 rings (SSSR count). The Kier molecular flexibility index (Phi) is 5.36. The van der Waals surface area contributed by atoms with Gasteiger partial charge < -0.3 is 14.8 Å². The van der Waals surface area contributed by atoms with E-state index in [9.17, 15) is 0 Å². The topological polar surface area (TPSA) is 54.1 Å². The van der Waals surface area contributed by atoms with Crippen LogP contribution in [0.3, 0.4) is 0 Å². The SMILES string of the molecule is CN1CCN(Cc2ccc(-n3cc(Nc4nccc5cc6n(c45)CCCC6)cn3)cc2)CC1. The van der Waals surface area contributed by atoms with Gasteiger partial charge in [-0.2, -0.15) is 5.10 Å². The van der Waals surface area contributed by atoms with E-state index in [1.807, 2.05) is 23.3 Å². The van der Waals surface area contributed by atoms with Crippen LogP contribution in [0.5, 0.6) is 0 Å². The van der Waals surface area contributed by atoms with E-state index in [-0.39, 0.29) is 0 Å². The Morgan fingerprint density at radius 1 is 0.970 bits per heavy atom. The molecule has 7 heteroatoms. The number of aryl methyl sites for hydroxylation is 2. The van der Waals surface area contributed by atoms with Crippen LogP contribution in [0.4, 0.5) is 11.5 Å². The molecule has 3 aromatic heterocycles. The minimum atomic E-state index is 0.905. The molecule has 1 saturated heterocycles. The fraction of sp³-hybridized carbons (Fsp3) is 0.385. The lowest BCUT2D eigenvalue weighted by atomic mass is 10.1. The van der Waals surface area contributed by atoms with E-state index in [0.29, 0.717) is 0 Å². The summed E-state index contributed by atoms with van der Waals surface area (Å²) in [6.45, 7) is 6.65. The van der Waals surface area contributed by atoms with Gasteiger partial charge in [-0.15, -0.1) is 0 Å². The highest BCUT2D eigenvalue weighted by molar-refractivity contribution is 5.92. The smallest absolute Gasteiger partial charge is 0.155 e. The molecular weight excluding hydrogens is 410 g/mol. The van der Waals surface area contributed by atoms with E-state index in [0.717, 1.165) is 62.9 Å². The highest BCUT2D eigenvalue weighted by Crippen LogP contribution is 2.31. The van der Waals surface area contributed by atoms with Crippen LogP contribution < -0.4 is 5.32 Å². The number of hydrogen-bond donors (Lipinski definition) is 1. The van der Waals surface area contributed by atoms with E-state index >= 15 is 0 Å². The second-order valence-electron chi connectivity index (χ2n) is 9.39. The Balaban J connectivity index is 1.18. The summed E-state index contributed by atoms with van der Waals surface area (Å²) in [7, 11) is 2.20. The Hall–Kier alpha value is -3.16. The monoisotopic (exact) mass is 441 g/mol. The van der Waals surface area contributed by atoms with Crippen LogP contribution in [-0.2, 0) is 19.5 Å². The van der Waals surface area contributed by atoms with Gasteiger partial charge in [-0.3, -0.25) is 4.90 Å². The van der Waals surface area contributed by atoms with Gasteiger partial charge in [0.1, 0.15) is 0 Å². The summed E-state index contributed by atoms with van der Waals surface area (Å²) in [5.41, 5.74) is 5.98. The fourth-order valence-corrected chi connectivity index (χ4v) is 5.08. The molecule has 33 heavy (non-hydrogen) atoms. The molecule has 0 aliphatic carbocycles. The van der Waals surface area contributed by atoms with Gasteiger partial charge in [0.2, 0.25) is 0 Å². The van der Waals surface area contributed by atoms with E-state index in [1.165, 1.54) is 35.0 Å². The van der Waals surface area contributed by atoms with Crippen LogP contribution in [-0.4, -0.2) is 62.4 Å². The Bertz CT molecular complexity index is 1250. The summed E-state index contributed by atoms with van der Waals surface area (Å²) >= 11 is 0. The number of rotatable bonds is 5. The third kappa shape index (κ3) is 4.14. The van der Waals surface area contributed by atoms with Gasteiger partial charge in [0.15, 0.2) is 5.82 Å². The third-order valence-corrected chi connectivity index (χ3v) is 7.01. The van der Waals surface area contributed by atoms with Gasteiger partial charge in [-0.1, -0.05) is 12.1 Å². The van der Waals surface area contributed by atoms with E-state index in [1.54, 1.807) is 0 Å². The van der Waals surface area contributed by atoms with E-state index < -0.39 is 0 Å². The van der Waals surface area contributed by atoms with Crippen LogP contribution in [0, 0.1) is 0 Å². The predicted octanol–water partition coefficient (Wildman–Crippen LogP) is 4.05. The number of hydrogen-bond acceptors (Lipinski definition) is 5. The zero-order valence-corrected chi connectivity index (χ0v) is 19.2. The predicted molar refractivity (Wildman–Crippen MR) is 132 cm³/mol. The van der Waals surface area contributed by atoms with Gasteiger partial charge in [0.05, 0.1) is 29.3 Å². The first-order valence-corrected chi connectivity index (χ1v) is 12.0. The van der Waals surface area contributed by atoms with Crippen LogP contribution in [0.1, 0.15) is 24.1 Å². The first-order valence-electron chi connectivity index (χ1n) is 12.0. The van der Waals surface area contributed by atoms with Crippen LogP contribution in [0.15, 0.2) is 55.0 Å². The van der Waals surface area contributed by atoms with E-state index in [4.69, 9.17) is 0 Å². The second-order valence-corrected chi connectivity index (χ2v) is 9.39. The molecule has 170 valence electrons. The third-order valence-electron chi connectivity index (χ3n) is 7.01. The molecule has 0 unspecified atom stereocenters. The van der Waals surface area contributed by atoms with Crippen molar-refractivity contribution in [1.29, 1.82) is 0 Å². The summed E-state index contributed by atoms with van der Waals surface area (Å²) in [5, 5.41) is 9.37. The molecule has 0 saturated carbocycles. The van der Waals surface area contributed by atoms with E-state index in [2.05, 4.69) is 73.2 Å². The van der Waals surface area contributed by atoms with Crippen molar-refractivity contribution in [3.8, 4) is 5.69 Å². The average molecular weight is 442 g/mol. The molecule has 0 bridgehead atoms. The number of nitrogens with one attached hydrogen (secondary N) is 1. The molecule has 1 aromatic carbocycles. The average Bonchev–Trinajstić information content (AvgIpc) is 3.46. The number of aromatic nitrogens is 4. The molecule has 0 spiro atoms. The number of piperazine rings is 1. The molecule has 7 nitrogen and oxygen atoms in total. The van der Waals surface area contributed by atoms with Crippen molar-refractivity contribution in [2.24, 2.45) is 0 Å². The lowest BCUT2D eigenvalue weighted by Gasteiger charge is -2.32. The summed E-state index contributed by atoms with van der Waals surface area (Å²) in [6, 6.07) is 13.2. The lowest BCUT2D eigenvalue weighted by molar-refractivity contribution is 0.148. The molecule has 1 N–H and O–H groups in total. The summed E-state index contributed by atoms with van der Waals surface area (Å²) in [4.78, 5) is 9.58. The highest BCUT2D eigenvalue weighted by Gasteiger charge is 2.17. The molecule has 2 aliphatic heterocycles. The summed E-state index contributed by atoms with van der Waals surface area (Å²) < 4.78 is 4.35. The molecule has 2 aliphatic rings. The van der Waals surface area contributed by atoms with Crippen molar-refractivity contribution in [3.05, 3.63) is 66.2 Å². The maximum atomic E-state index is 4.66. The summed E-state index contributed by atoms with van der Waals surface area (Å²) in [6.07, 6.45) is 9.45. The standard InChI is InChI=1S/C26H31N7/c1-30-12-14-31(15-13-30)18-20-5-7-23(8-6-20)33-19-22(17-28-33)29-26-25-21(9-10-27-26)16-24-4-2-3-11-32(24)25/h5-10,16-17,19H,2-4,11-15,18H2,1H3,(H,27,29). The maximum Gasteiger partial charge on any atom is 0.155 e. The lowest BCUT2D eigenvalue weighted by Crippen LogP contribution is -2.43. The van der Waals surface area contributed by atoms with Gasteiger partial charge in [-0.05, 0) is 56.1 Å². The van der Waals surface area contributed by atoms with Crippen LogP contribution in [0.2, 0.25) is 0 Å². The number of pyridine rings is 1.